The molecule has 0 aromatic rings. The van der Waals surface area contributed by atoms with E-state index in [0.29, 0.717) is 9.95 Å². The van der Waals surface area contributed by atoms with Crippen LogP contribution in [0, 0.1) is 11.3 Å². The van der Waals surface area contributed by atoms with Gasteiger partial charge in [0, 0.05) is 19.3 Å². The molecule has 7 nitrogen and oxygen atoms in total. The lowest BCUT2D eigenvalue weighted by Gasteiger charge is -2.21. The minimum atomic E-state index is -0.871. The van der Waals surface area contributed by atoms with Gasteiger partial charge in [0.2, 0.25) is 0 Å². The summed E-state index contributed by atoms with van der Waals surface area (Å²) in [6.07, 6.45) is 32.0. The summed E-state index contributed by atoms with van der Waals surface area (Å²) < 4.78 is 16.4. The Hall–Kier alpha value is -1.31. The van der Waals surface area contributed by atoms with Crippen molar-refractivity contribution in [2.24, 2.45) is 0 Å². The largest absolute Gasteiger partial charge is 0.462 e. The Morgan fingerprint density at radius 3 is 1.30 bits per heavy atom. The highest BCUT2D eigenvalue weighted by Gasteiger charge is 2.28. The van der Waals surface area contributed by atoms with E-state index in [9.17, 15) is 19.6 Å². The molecule has 0 aliphatic heterocycles. The van der Waals surface area contributed by atoms with Crippen LogP contribution < -0.4 is 0 Å². The Labute approximate surface area is 345 Å². The minimum absolute atomic E-state index is 0.0227. The molecule has 54 heavy (non-hydrogen) atoms. The van der Waals surface area contributed by atoms with E-state index in [1.54, 1.807) is 6.92 Å². The van der Waals surface area contributed by atoms with E-state index in [-0.39, 0.29) is 44.4 Å². The average molecular weight is 814 g/mol. The molecule has 0 aromatic heterocycles. The lowest BCUT2D eigenvalue weighted by atomic mass is 10.0. The summed E-state index contributed by atoms with van der Waals surface area (Å²) in [6, 6.07) is 2.27. The van der Waals surface area contributed by atoms with Gasteiger partial charge in [-0.2, -0.15) is 5.26 Å². The summed E-state index contributed by atoms with van der Waals surface area (Å²) >= 11 is 8.14. The van der Waals surface area contributed by atoms with Gasteiger partial charge in [0.05, 0.1) is 6.07 Å². The predicted molar refractivity (Wildman–Crippen MR) is 234 cm³/mol. The van der Waals surface area contributed by atoms with E-state index in [1.807, 2.05) is 6.92 Å². The number of rotatable bonds is 38. The standard InChI is InChI=1S/C44H79NO6S3/c1-5-8-10-12-14-16-18-20-22-24-26-28-30-32-40(46)49-36-39(37-50-41(47)34-35-44(4,38-45)54-43(52)53-7-3)51-42(48)33-31-29-27-25-23-21-19-17-15-13-11-9-6-2/h39H,5-37H2,1-4H3/t39-,44?/m1/s1. The normalized spacial score (nSPS) is 12.8. The Bertz CT molecular complexity index is 990. The first-order valence-electron chi connectivity index (χ1n) is 22.0. The van der Waals surface area contributed by atoms with Gasteiger partial charge in [-0.05, 0) is 31.9 Å². The van der Waals surface area contributed by atoms with Crippen LogP contribution >= 0.6 is 35.7 Å². The van der Waals surface area contributed by atoms with Crippen LogP contribution in [-0.4, -0.2) is 51.3 Å². The number of unbranched alkanes of at least 4 members (excludes halogenated alkanes) is 24. The molecule has 0 radical (unpaired) electrons. The summed E-state index contributed by atoms with van der Waals surface area (Å²) in [4.78, 5) is 38.0. The predicted octanol–water partition coefficient (Wildman–Crippen LogP) is 13.8. The van der Waals surface area contributed by atoms with Gasteiger partial charge in [-0.15, -0.1) is 11.8 Å². The van der Waals surface area contributed by atoms with Gasteiger partial charge in [0.15, 0.2) is 6.10 Å². The highest BCUT2D eigenvalue weighted by Crippen LogP contribution is 2.34. The smallest absolute Gasteiger partial charge is 0.306 e. The average Bonchev–Trinajstić information content (AvgIpc) is 3.15. The fourth-order valence-electron chi connectivity index (χ4n) is 6.25. The van der Waals surface area contributed by atoms with E-state index in [4.69, 9.17) is 26.4 Å². The van der Waals surface area contributed by atoms with Gasteiger partial charge >= 0.3 is 17.9 Å². The summed E-state index contributed by atoms with van der Waals surface area (Å²) in [7, 11) is 0. The lowest BCUT2D eigenvalue weighted by Crippen LogP contribution is -2.31. The second-order valence-corrected chi connectivity index (χ2v) is 19.1. The van der Waals surface area contributed by atoms with Crippen molar-refractivity contribution < 1.29 is 28.6 Å². The van der Waals surface area contributed by atoms with Crippen LogP contribution in [0.25, 0.3) is 0 Å². The van der Waals surface area contributed by atoms with Crippen molar-refractivity contribution in [1.29, 1.82) is 5.26 Å². The molecular formula is C44H79NO6S3. The van der Waals surface area contributed by atoms with Gasteiger partial charge in [0.25, 0.3) is 0 Å². The van der Waals surface area contributed by atoms with Crippen LogP contribution in [0.5, 0.6) is 0 Å². The van der Waals surface area contributed by atoms with E-state index in [1.165, 1.54) is 152 Å². The summed E-state index contributed by atoms with van der Waals surface area (Å²) in [5.41, 5.74) is 0. The van der Waals surface area contributed by atoms with Crippen molar-refractivity contribution in [3.63, 3.8) is 0 Å². The lowest BCUT2D eigenvalue weighted by molar-refractivity contribution is -0.167. The Morgan fingerprint density at radius 1 is 0.574 bits per heavy atom. The molecule has 314 valence electrons. The Balaban J connectivity index is 4.56. The van der Waals surface area contributed by atoms with Crippen molar-refractivity contribution in [3.8, 4) is 6.07 Å². The molecule has 0 heterocycles. The molecule has 1 unspecified atom stereocenters. The van der Waals surface area contributed by atoms with Crippen molar-refractivity contribution >= 4 is 57.2 Å². The highest BCUT2D eigenvalue weighted by molar-refractivity contribution is 8.47. The molecule has 10 heteroatoms. The molecule has 2 atom stereocenters. The van der Waals surface area contributed by atoms with Gasteiger partial charge < -0.3 is 14.2 Å². The maximum Gasteiger partial charge on any atom is 0.306 e. The topological polar surface area (TPSA) is 103 Å². The second-order valence-electron chi connectivity index (χ2n) is 15.1. The monoisotopic (exact) mass is 814 g/mol. The molecule has 0 N–H and O–H groups in total. The third-order valence-electron chi connectivity index (χ3n) is 9.74. The van der Waals surface area contributed by atoms with Gasteiger partial charge in [-0.25, -0.2) is 0 Å². The van der Waals surface area contributed by atoms with E-state index >= 15 is 0 Å². The molecule has 0 spiro atoms. The number of hydrogen-bond donors (Lipinski definition) is 0. The highest BCUT2D eigenvalue weighted by atomic mass is 32.2. The molecule has 0 aromatic carbocycles. The molecule has 0 saturated carbocycles. The number of carbonyl (C=O) groups excluding carboxylic acids is 3. The number of thioether (sulfide) groups is 2. The zero-order valence-corrected chi connectivity index (χ0v) is 37.5. The molecule has 0 aliphatic carbocycles. The van der Waals surface area contributed by atoms with E-state index < -0.39 is 16.8 Å². The molecule has 0 amide bonds. The molecule has 0 rings (SSSR count). The summed E-state index contributed by atoms with van der Waals surface area (Å²) in [5, 5.41) is 9.72. The molecule has 0 aliphatic rings. The first kappa shape index (κ1) is 52.7. The van der Waals surface area contributed by atoms with E-state index in [2.05, 4.69) is 19.9 Å². The first-order chi connectivity index (χ1) is 26.2. The Kier molecular flexibility index (Phi) is 37.6. The van der Waals surface area contributed by atoms with Crippen molar-refractivity contribution in [2.75, 3.05) is 19.0 Å². The maximum absolute atomic E-state index is 12.7. The number of thiocarbonyl (C=S) groups is 1. The van der Waals surface area contributed by atoms with Crippen molar-refractivity contribution in [2.45, 2.75) is 231 Å². The van der Waals surface area contributed by atoms with E-state index in [0.717, 1.165) is 44.3 Å². The number of ether oxygens (including phenoxy) is 3. The fraction of sp³-hybridized carbons (Fsp3) is 0.886. The van der Waals surface area contributed by atoms with Gasteiger partial charge in [-0.1, -0.05) is 199 Å². The first-order valence-corrected chi connectivity index (χ1v) is 24.2. The van der Waals surface area contributed by atoms with Crippen LogP contribution in [-0.2, 0) is 28.6 Å². The molecule has 0 saturated heterocycles. The summed E-state index contributed by atoms with van der Waals surface area (Å²) in [5.74, 6) is -0.382. The van der Waals surface area contributed by atoms with Crippen LogP contribution in [0.4, 0.5) is 0 Å². The van der Waals surface area contributed by atoms with Crippen LogP contribution in [0.2, 0.25) is 0 Å². The number of nitriles is 1. The zero-order valence-electron chi connectivity index (χ0n) is 35.0. The quantitative estimate of drug-likeness (QED) is 0.0259. The minimum Gasteiger partial charge on any atom is -0.462 e. The number of nitrogens with zero attached hydrogens (tertiary/aromatic N) is 1. The molecular weight excluding hydrogens is 735 g/mol. The third-order valence-corrected chi connectivity index (χ3v) is 12.4. The van der Waals surface area contributed by atoms with Crippen LogP contribution in [0.1, 0.15) is 220 Å². The molecule has 0 bridgehead atoms. The van der Waals surface area contributed by atoms with Crippen LogP contribution in [0.3, 0.4) is 0 Å². The van der Waals surface area contributed by atoms with Gasteiger partial charge in [0.1, 0.15) is 21.5 Å². The Morgan fingerprint density at radius 2 is 0.926 bits per heavy atom. The van der Waals surface area contributed by atoms with Crippen molar-refractivity contribution in [1.82, 2.24) is 0 Å². The number of carbonyl (C=O) groups is 3. The zero-order chi connectivity index (χ0) is 40.0. The fourth-order valence-corrected chi connectivity index (χ4v) is 9.15. The maximum atomic E-state index is 12.7. The number of esters is 3. The third kappa shape index (κ3) is 35.1. The summed E-state index contributed by atoms with van der Waals surface area (Å²) in [6.45, 7) is 7.93. The number of hydrogen-bond acceptors (Lipinski definition) is 10. The van der Waals surface area contributed by atoms with Crippen LogP contribution in [0.15, 0.2) is 0 Å². The molecule has 0 fully saturated rings. The second kappa shape index (κ2) is 38.6. The van der Waals surface area contributed by atoms with Crippen molar-refractivity contribution in [3.05, 3.63) is 0 Å². The SMILES string of the molecule is CCCCCCCCCCCCCCCC(=O)OC[C@H](COC(=O)CCC(C)(C#N)SC(=S)SCC)OC(=O)CCCCCCCCCCCCCCC. The van der Waals surface area contributed by atoms with Gasteiger partial charge in [-0.3, -0.25) is 14.4 Å².